The summed E-state index contributed by atoms with van der Waals surface area (Å²) in [5.74, 6) is 1.31. The molecule has 0 aliphatic carbocycles. The molecule has 4 nitrogen and oxygen atoms in total. The Morgan fingerprint density at radius 3 is 2.22 bits per heavy atom. The standard InChI is InChI=1S/C22H17BrN2O2/c1-13-3-7-17(8-4-13)27-18-9-5-16(6-10-18)24-21-19-12-15(23)11-14(2)20(19)25-22(21)26/h3-12H,1-2H3,(H,24,25,26). The first-order valence-corrected chi connectivity index (χ1v) is 9.34. The number of halogens is 1. The number of carbonyl (C=O) groups excluding carboxylic acids is 1. The Morgan fingerprint density at radius 1 is 0.926 bits per heavy atom. The number of fused-ring (bicyclic) bond motifs is 1. The number of hydrogen-bond donors (Lipinski definition) is 1. The number of aliphatic imine (C=N–C) groups is 1. The molecule has 0 bridgehead atoms. The molecule has 0 radical (unpaired) electrons. The third-order valence-corrected chi connectivity index (χ3v) is 4.80. The predicted molar refractivity (Wildman–Crippen MR) is 111 cm³/mol. The molecule has 0 spiro atoms. The number of rotatable bonds is 3. The Hall–Kier alpha value is -2.92. The Bertz CT molecular complexity index is 1050. The van der Waals surface area contributed by atoms with Gasteiger partial charge in [-0.3, -0.25) is 4.79 Å². The van der Waals surface area contributed by atoms with Crippen LogP contribution in [-0.2, 0) is 4.79 Å². The largest absolute Gasteiger partial charge is 0.457 e. The highest BCUT2D eigenvalue weighted by molar-refractivity contribution is 9.10. The lowest BCUT2D eigenvalue weighted by atomic mass is 10.1. The Morgan fingerprint density at radius 2 is 1.56 bits per heavy atom. The first-order chi connectivity index (χ1) is 13.0. The summed E-state index contributed by atoms with van der Waals surface area (Å²) >= 11 is 3.48. The maximum absolute atomic E-state index is 12.4. The summed E-state index contributed by atoms with van der Waals surface area (Å²) in [4.78, 5) is 16.9. The van der Waals surface area contributed by atoms with Crippen molar-refractivity contribution in [3.8, 4) is 11.5 Å². The van der Waals surface area contributed by atoms with Crippen LogP contribution in [0.3, 0.4) is 0 Å². The summed E-state index contributed by atoms with van der Waals surface area (Å²) in [5, 5.41) is 2.90. The molecule has 0 saturated carbocycles. The van der Waals surface area contributed by atoms with Gasteiger partial charge in [0.1, 0.15) is 17.2 Å². The second kappa shape index (κ2) is 7.00. The average Bonchev–Trinajstić information content (AvgIpc) is 2.95. The number of carbonyl (C=O) groups is 1. The molecule has 3 aromatic rings. The Labute approximate surface area is 166 Å². The fourth-order valence-electron chi connectivity index (χ4n) is 2.96. The highest BCUT2D eigenvalue weighted by atomic mass is 79.9. The van der Waals surface area contributed by atoms with Crippen molar-refractivity contribution in [3.05, 3.63) is 81.8 Å². The van der Waals surface area contributed by atoms with Crippen LogP contribution in [0.4, 0.5) is 11.4 Å². The summed E-state index contributed by atoms with van der Waals surface area (Å²) in [7, 11) is 0. The van der Waals surface area contributed by atoms with E-state index in [2.05, 4.69) is 26.2 Å². The minimum atomic E-state index is -0.189. The van der Waals surface area contributed by atoms with Crippen molar-refractivity contribution in [3.63, 3.8) is 0 Å². The molecule has 1 N–H and O–H groups in total. The fraction of sp³-hybridized carbons (Fsp3) is 0.0909. The third kappa shape index (κ3) is 3.64. The molecular weight excluding hydrogens is 404 g/mol. The molecule has 5 heteroatoms. The van der Waals surface area contributed by atoms with Gasteiger partial charge >= 0.3 is 0 Å². The van der Waals surface area contributed by atoms with E-state index in [9.17, 15) is 4.79 Å². The molecule has 4 rings (SSSR count). The third-order valence-electron chi connectivity index (χ3n) is 4.34. The highest BCUT2D eigenvalue weighted by Crippen LogP contribution is 2.32. The van der Waals surface area contributed by atoms with Crippen LogP contribution in [-0.4, -0.2) is 11.6 Å². The molecule has 1 heterocycles. The smallest absolute Gasteiger partial charge is 0.275 e. The maximum Gasteiger partial charge on any atom is 0.275 e. The zero-order chi connectivity index (χ0) is 19.0. The minimum absolute atomic E-state index is 0.189. The molecule has 134 valence electrons. The van der Waals surface area contributed by atoms with Crippen molar-refractivity contribution in [1.82, 2.24) is 0 Å². The van der Waals surface area contributed by atoms with Gasteiger partial charge < -0.3 is 10.1 Å². The van der Waals surface area contributed by atoms with Gasteiger partial charge in [0.25, 0.3) is 5.91 Å². The topological polar surface area (TPSA) is 50.7 Å². The van der Waals surface area contributed by atoms with Gasteiger partial charge in [-0.1, -0.05) is 33.6 Å². The average molecular weight is 421 g/mol. The maximum atomic E-state index is 12.4. The monoisotopic (exact) mass is 420 g/mol. The lowest BCUT2D eigenvalue weighted by Crippen LogP contribution is -2.13. The number of aryl methyl sites for hydroxylation is 2. The van der Waals surface area contributed by atoms with Crippen LogP contribution in [0, 0.1) is 13.8 Å². The minimum Gasteiger partial charge on any atom is -0.457 e. The van der Waals surface area contributed by atoms with Crippen LogP contribution >= 0.6 is 15.9 Å². The van der Waals surface area contributed by atoms with E-state index in [1.807, 2.05) is 74.5 Å². The zero-order valence-electron chi connectivity index (χ0n) is 14.9. The van der Waals surface area contributed by atoms with Gasteiger partial charge in [0.05, 0.1) is 11.4 Å². The van der Waals surface area contributed by atoms with Crippen LogP contribution in [0.5, 0.6) is 11.5 Å². The van der Waals surface area contributed by atoms with E-state index in [-0.39, 0.29) is 5.91 Å². The summed E-state index contributed by atoms with van der Waals surface area (Å²) in [5.41, 5.74) is 4.93. The normalized spacial score (nSPS) is 14.2. The van der Waals surface area contributed by atoms with Crippen molar-refractivity contribution in [1.29, 1.82) is 0 Å². The van der Waals surface area contributed by atoms with Gasteiger partial charge in [-0.25, -0.2) is 4.99 Å². The lowest BCUT2D eigenvalue weighted by Gasteiger charge is -2.06. The van der Waals surface area contributed by atoms with Gasteiger partial charge in [-0.05, 0) is 67.9 Å². The van der Waals surface area contributed by atoms with Crippen molar-refractivity contribution >= 4 is 38.9 Å². The van der Waals surface area contributed by atoms with E-state index in [1.165, 1.54) is 5.56 Å². The number of benzene rings is 3. The van der Waals surface area contributed by atoms with E-state index in [0.717, 1.165) is 32.8 Å². The molecular formula is C22H17BrN2O2. The van der Waals surface area contributed by atoms with Crippen LogP contribution < -0.4 is 10.1 Å². The van der Waals surface area contributed by atoms with Crippen molar-refractivity contribution in [2.24, 2.45) is 4.99 Å². The number of amides is 1. The van der Waals surface area contributed by atoms with Crippen molar-refractivity contribution < 1.29 is 9.53 Å². The molecule has 0 unspecified atom stereocenters. The summed E-state index contributed by atoms with van der Waals surface area (Å²) in [6.07, 6.45) is 0. The Kier molecular flexibility index (Phi) is 4.54. The number of ether oxygens (including phenoxy) is 1. The second-order valence-corrected chi connectivity index (χ2v) is 7.38. The van der Waals surface area contributed by atoms with E-state index in [4.69, 9.17) is 4.74 Å². The molecule has 0 fully saturated rings. The first-order valence-electron chi connectivity index (χ1n) is 8.55. The molecule has 1 aliphatic rings. The summed E-state index contributed by atoms with van der Waals surface area (Å²) < 4.78 is 6.75. The molecule has 0 aromatic heterocycles. The van der Waals surface area contributed by atoms with Crippen molar-refractivity contribution in [2.75, 3.05) is 5.32 Å². The van der Waals surface area contributed by atoms with Gasteiger partial charge in [0.2, 0.25) is 0 Å². The summed E-state index contributed by atoms with van der Waals surface area (Å²) in [6, 6.07) is 19.1. The predicted octanol–water partition coefficient (Wildman–Crippen LogP) is 5.93. The quantitative estimate of drug-likeness (QED) is 0.570. The zero-order valence-corrected chi connectivity index (χ0v) is 16.5. The highest BCUT2D eigenvalue weighted by Gasteiger charge is 2.27. The Balaban J connectivity index is 1.60. The molecule has 1 amide bonds. The van der Waals surface area contributed by atoms with E-state index < -0.39 is 0 Å². The van der Waals surface area contributed by atoms with Gasteiger partial charge in [0, 0.05) is 10.0 Å². The van der Waals surface area contributed by atoms with Gasteiger partial charge in [-0.15, -0.1) is 0 Å². The van der Waals surface area contributed by atoms with E-state index in [0.29, 0.717) is 11.4 Å². The number of anilines is 1. The van der Waals surface area contributed by atoms with Gasteiger partial charge in [0.15, 0.2) is 0 Å². The van der Waals surface area contributed by atoms with Crippen LogP contribution in [0.15, 0.2) is 70.1 Å². The van der Waals surface area contributed by atoms with Crippen LogP contribution in [0.25, 0.3) is 0 Å². The molecule has 1 aliphatic heterocycles. The first kappa shape index (κ1) is 17.5. The van der Waals surface area contributed by atoms with Gasteiger partial charge in [-0.2, -0.15) is 0 Å². The number of hydrogen-bond acceptors (Lipinski definition) is 3. The molecule has 3 aromatic carbocycles. The molecule has 27 heavy (non-hydrogen) atoms. The van der Waals surface area contributed by atoms with E-state index in [1.54, 1.807) is 0 Å². The van der Waals surface area contributed by atoms with E-state index >= 15 is 0 Å². The second-order valence-electron chi connectivity index (χ2n) is 6.47. The fourth-order valence-corrected chi connectivity index (χ4v) is 3.53. The van der Waals surface area contributed by atoms with Crippen molar-refractivity contribution in [2.45, 2.75) is 13.8 Å². The van der Waals surface area contributed by atoms with Crippen LogP contribution in [0.2, 0.25) is 0 Å². The SMILES string of the molecule is Cc1ccc(Oc2ccc(N=C3C(=O)Nc4c(C)cc(Br)cc43)cc2)cc1. The lowest BCUT2D eigenvalue weighted by molar-refractivity contribution is -0.110. The molecule has 0 atom stereocenters. The number of nitrogens with zero attached hydrogens (tertiary/aromatic N) is 1. The summed E-state index contributed by atoms with van der Waals surface area (Å²) in [6.45, 7) is 4.00. The number of nitrogens with one attached hydrogen (secondary N) is 1. The molecule has 0 saturated heterocycles. The van der Waals surface area contributed by atoms with Crippen LogP contribution in [0.1, 0.15) is 16.7 Å².